The number of nitrogens with zero attached hydrogens (tertiary/aromatic N) is 3. The zero-order chi connectivity index (χ0) is 20.8. The zero-order valence-corrected chi connectivity index (χ0v) is 16.8. The van der Waals surface area contributed by atoms with Gasteiger partial charge in [-0.25, -0.2) is 9.36 Å². The molecule has 3 aromatic heterocycles. The van der Waals surface area contributed by atoms with E-state index < -0.39 is 11.2 Å². The zero-order valence-electron chi connectivity index (χ0n) is 15.2. The molecular formula is C22H11ClN4O2S. The number of aromatic amines is 1. The minimum Gasteiger partial charge on any atom is -0.306 e. The van der Waals surface area contributed by atoms with Crippen LogP contribution >= 0.6 is 22.9 Å². The maximum atomic E-state index is 13.3. The van der Waals surface area contributed by atoms with Crippen LogP contribution in [0.25, 0.3) is 37.1 Å². The van der Waals surface area contributed by atoms with Gasteiger partial charge in [0, 0.05) is 32.4 Å². The number of hydrogen-bond donors (Lipinski definition) is 1. The molecule has 0 radical (unpaired) electrons. The predicted molar refractivity (Wildman–Crippen MR) is 119 cm³/mol. The van der Waals surface area contributed by atoms with E-state index in [0.717, 1.165) is 15.3 Å². The number of hydrogen-bond acceptors (Lipinski definition) is 5. The van der Waals surface area contributed by atoms with Crippen LogP contribution in [0.15, 0.2) is 70.5 Å². The summed E-state index contributed by atoms with van der Waals surface area (Å²) in [6.45, 7) is 0. The van der Waals surface area contributed by atoms with Crippen molar-refractivity contribution in [1.82, 2.24) is 14.5 Å². The molecule has 0 atom stereocenters. The van der Waals surface area contributed by atoms with Gasteiger partial charge in [-0.1, -0.05) is 35.9 Å². The molecule has 0 unspecified atom stereocenters. The molecule has 0 aliphatic carbocycles. The molecule has 0 fully saturated rings. The van der Waals surface area contributed by atoms with Crippen molar-refractivity contribution in [3.05, 3.63) is 92.3 Å². The number of benzene rings is 2. The van der Waals surface area contributed by atoms with E-state index in [1.54, 1.807) is 30.5 Å². The van der Waals surface area contributed by atoms with E-state index in [1.807, 2.05) is 24.3 Å². The largest absolute Gasteiger partial charge is 0.333 e. The quantitative estimate of drug-likeness (QED) is 0.447. The van der Waals surface area contributed by atoms with E-state index in [9.17, 15) is 14.9 Å². The summed E-state index contributed by atoms with van der Waals surface area (Å²) in [5.41, 5.74) is 0.886. The highest BCUT2D eigenvalue weighted by Crippen LogP contribution is 2.34. The Bertz CT molecular complexity index is 1620. The van der Waals surface area contributed by atoms with E-state index in [2.05, 4.69) is 16.0 Å². The number of nitriles is 1. The molecule has 0 spiro atoms. The first-order chi connectivity index (χ1) is 14.6. The van der Waals surface area contributed by atoms with Gasteiger partial charge in [-0.2, -0.15) is 5.26 Å². The molecule has 144 valence electrons. The van der Waals surface area contributed by atoms with Crippen molar-refractivity contribution in [1.29, 1.82) is 5.26 Å². The van der Waals surface area contributed by atoms with E-state index in [0.29, 0.717) is 36.9 Å². The maximum absolute atomic E-state index is 13.3. The molecule has 8 heteroatoms. The Morgan fingerprint density at radius 2 is 1.93 bits per heavy atom. The third-order valence-corrected chi connectivity index (χ3v) is 6.22. The number of thiophene rings is 1. The molecule has 0 amide bonds. The van der Waals surface area contributed by atoms with Gasteiger partial charge in [0.1, 0.15) is 4.70 Å². The van der Waals surface area contributed by atoms with Crippen molar-refractivity contribution in [2.45, 2.75) is 0 Å². The van der Waals surface area contributed by atoms with Crippen LogP contribution in [-0.2, 0) is 0 Å². The number of H-pyrrole nitrogens is 1. The Balaban J connectivity index is 1.80. The lowest BCUT2D eigenvalue weighted by Gasteiger charge is -2.07. The molecule has 0 saturated carbocycles. The lowest BCUT2D eigenvalue weighted by atomic mass is 10.1. The average molecular weight is 431 g/mol. The summed E-state index contributed by atoms with van der Waals surface area (Å²) in [6, 6.07) is 16.2. The van der Waals surface area contributed by atoms with Gasteiger partial charge in [-0.15, -0.1) is 11.3 Å². The molecule has 0 bridgehead atoms. The standard InChI is InChI=1S/C22H11ClN4O2S/c23-14-6-5-12(9-24)16(7-14)19-8-17-20(30-19)21(28)27(22(29)26-17)18-11-25-10-13-3-1-2-4-15(13)18/h1-8,10-11H,(H,26,29). The number of halogens is 1. The van der Waals surface area contributed by atoms with E-state index in [1.165, 1.54) is 17.5 Å². The molecule has 6 nitrogen and oxygen atoms in total. The van der Waals surface area contributed by atoms with Crippen LogP contribution < -0.4 is 11.2 Å². The van der Waals surface area contributed by atoms with Gasteiger partial charge >= 0.3 is 5.69 Å². The van der Waals surface area contributed by atoms with Gasteiger partial charge in [-0.3, -0.25) is 9.78 Å². The number of aromatic nitrogens is 3. The second kappa shape index (κ2) is 6.95. The van der Waals surface area contributed by atoms with E-state index >= 15 is 0 Å². The summed E-state index contributed by atoms with van der Waals surface area (Å²) in [4.78, 5) is 33.8. The summed E-state index contributed by atoms with van der Waals surface area (Å²) in [7, 11) is 0. The van der Waals surface area contributed by atoms with Crippen LogP contribution in [0.3, 0.4) is 0 Å². The first kappa shape index (κ1) is 18.3. The van der Waals surface area contributed by atoms with Crippen molar-refractivity contribution in [3.63, 3.8) is 0 Å². The first-order valence-electron chi connectivity index (χ1n) is 8.89. The number of rotatable bonds is 2. The summed E-state index contributed by atoms with van der Waals surface area (Å²) in [6.07, 6.45) is 3.19. The van der Waals surface area contributed by atoms with Crippen LogP contribution in [-0.4, -0.2) is 14.5 Å². The Morgan fingerprint density at radius 3 is 2.77 bits per heavy atom. The average Bonchev–Trinajstić information content (AvgIpc) is 3.18. The fraction of sp³-hybridized carbons (Fsp3) is 0. The molecule has 0 saturated heterocycles. The fourth-order valence-electron chi connectivity index (χ4n) is 3.46. The smallest absolute Gasteiger partial charge is 0.306 e. The third kappa shape index (κ3) is 2.82. The van der Waals surface area contributed by atoms with Gasteiger partial charge < -0.3 is 4.98 Å². The lowest BCUT2D eigenvalue weighted by Crippen LogP contribution is -2.33. The molecule has 2 aromatic carbocycles. The van der Waals surface area contributed by atoms with Gasteiger partial charge in [0.25, 0.3) is 5.56 Å². The Hall–Kier alpha value is -3.73. The second-order valence-electron chi connectivity index (χ2n) is 6.61. The van der Waals surface area contributed by atoms with Crippen molar-refractivity contribution in [2.24, 2.45) is 0 Å². The SMILES string of the molecule is N#Cc1ccc(Cl)cc1-c1cc2[nH]c(=O)n(-c3cncc4ccccc34)c(=O)c2s1. The Kier molecular flexibility index (Phi) is 4.24. The minimum absolute atomic E-state index is 0.376. The first-order valence-corrected chi connectivity index (χ1v) is 10.1. The molecule has 5 rings (SSSR count). The maximum Gasteiger partial charge on any atom is 0.333 e. The fourth-order valence-corrected chi connectivity index (χ4v) is 4.70. The number of fused-ring (bicyclic) bond motifs is 2. The number of pyridine rings is 1. The third-order valence-electron chi connectivity index (χ3n) is 4.83. The van der Waals surface area contributed by atoms with E-state index in [-0.39, 0.29) is 0 Å². The highest BCUT2D eigenvalue weighted by Gasteiger charge is 2.17. The molecule has 3 heterocycles. The van der Waals surface area contributed by atoms with Gasteiger partial charge in [0.05, 0.1) is 29.0 Å². The lowest BCUT2D eigenvalue weighted by molar-refractivity contribution is 0.905. The van der Waals surface area contributed by atoms with Crippen LogP contribution in [0.5, 0.6) is 0 Å². The highest BCUT2D eigenvalue weighted by molar-refractivity contribution is 7.22. The van der Waals surface area contributed by atoms with Crippen molar-refractivity contribution >= 4 is 43.9 Å². The Morgan fingerprint density at radius 1 is 1.10 bits per heavy atom. The van der Waals surface area contributed by atoms with Crippen LogP contribution in [0.2, 0.25) is 5.02 Å². The van der Waals surface area contributed by atoms with Crippen LogP contribution in [0, 0.1) is 11.3 Å². The number of nitrogens with one attached hydrogen (secondary N) is 1. The van der Waals surface area contributed by atoms with Crippen LogP contribution in [0.4, 0.5) is 0 Å². The second-order valence-corrected chi connectivity index (χ2v) is 8.09. The summed E-state index contributed by atoms with van der Waals surface area (Å²) in [5.74, 6) is 0. The molecule has 30 heavy (non-hydrogen) atoms. The predicted octanol–water partition coefficient (Wildman–Crippen LogP) is 4.48. The summed E-state index contributed by atoms with van der Waals surface area (Å²) < 4.78 is 1.47. The van der Waals surface area contributed by atoms with Crippen LogP contribution in [0.1, 0.15) is 5.56 Å². The Labute approximate surface area is 178 Å². The van der Waals surface area contributed by atoms with Gasteiger partial charge in [0.2, 0.25) is 0 Å². The van der Waals surface area contributed by atoms with Gasteiger partial charge in [-0.05, 0) is 24.3 Å². The topological polar surface area (TPSA) is 91.5 Å². The normalized spacial score (nSPS) is 11.1. The molecule has 0 aliphatic rings. The molecule has 1 N–H and O–H groups in total. The summed E-state index contributed by atoms with van der Waals surface area (Å²) >= 11 is 7.31. The van der Waals surface area contributed by atoms with Crippen molar-refractivity contribution in [3.8, 4) is 22.2 Å². The summed E-state index contributed by atoms with van der Waals surface area (Å²) in [5, 5.41) is 11.5. The van der Waals surface area contributed by atoms with Crippen molar-refractivity contribution in [2.75, 3.05) is 0 Å². The van der Waals surface area contributed by atoms with E-state index in [4.69, 9.17) is 11.6 Å². The molecule has 0 aliphatic heterocycles. The minimum atomic E-state index is -0.554. The van der Waals surface area contributed by atoms with Crippen molar-refractivity contribution < 1.29 is 0 Å². The molecule has 5 aromatic rings. The monoisotopic (exact) mass is 430 g/mol. The highest BCUT2D eigenvalue weighted by atomic mass is 35.5. The molecular weight excluding hydrogens is 420 g/mol. The van der Waals surface area contributed by atoms with Gasteiger partial charge in [0.15, 0.2) is 0 Å².